The summed E-state index contributed by atoms with van der Waals surface area (Å²) in [5.74, 6) is 0. The summed E-state index contributed by atoms with van der Waals surface area (Å²) >= 11 is 24.0. The zero-order valence-corrected chi connectivity index (χ0v) is 9.57. The molecule has 0 N–H and O–H groups in total. The van der Waals surface area contributed by atoms with Gasteiger partial charge in [-0.05, 0) is 18.2 Å². The molecule has 0 aliphatic heterocycles. The second-order valence-corrected chi connectivity index (χ2v) is 5.56. The monoisotopic (exact) mass is 260 g/mol. The van der Waals surface area contributed by atoms with Gasteiger partial charge >= 0.3 is 0 Å². The Morgan fingerprint density at radius 2 is 1.83 bits per heavy atom. The SMILES string of the molecule is Clc1ccc(Cl)c(SC(Cl)Cl)c1. The first-order valence-electron chi connectivity index (χ1n) is 2.99. The number of thioether (sulfide) groups is 1. The highest BCUT2D eigenvalue weighted by Gasteiger charge is 2.06. The van der Waals surface area contributed by atoms with Crippen LogP contribution in [0.2, 0.25) is 10.0 Å². The quantitative estimate of drug-likeness (QED) is 0.542. The lowest BCUT2D eigenvalue weighted by Crippen LogP contribution is -1.79. The van der Waals surface area contributed by atoms with E-state index in [1.807, 2.05) is 0 Å². The summed E-state index contributed by atoms with van der Waals surface area (Å²) in [5.41, 5.74) is 0. The standard InChI is InChI=1S/C7H4Cl4S/c8-4-1-2-5(9)6(3-4)12-7(10)11/h1-3,7H. The Kier molecular flexibility index (Phi) is 4.35. The Morgan fingerprint density at radius 1 is 1.17 bits per heavy atom. The molecular formula is C7H4Cl4S. The third kappa shape index (κ3) is 3.23. The molecule has 0 nitrogen and oxygen atoms in total. The molecule has 0 radical (unpaired) electrons. The van der Waals surface area contributed by atoms with Gasteiger partial charge in [0.1, 0.15) is 0 Å². The maximum Gasteiger partial charge on any atom is 0.157 e. The molecule has 66 valence electrons. The van der Waals surface area contributed by atoms with Crippen molar-refractivity contribution in [3.63, 3.8) is 0 Å². The summed E-state index contributed by atoms with van der Waals surface area (Å²) in [6.45, 7) is 0. The van der Waals surface area contributed by atoms with Crippen molar-refractivity contribution in [3.05, 3.63) is 28.2 Å². The van der Waals surface area contributed by atoms with Crippen LogP contribution < -0.4 is 0 Å². The van der Waals surface area contributed by atoms with Crippen LogP contribution in [0.3, 0.4) is 0 Å². The highest BCUT2D eigenvalue weighted by molar-refractivity contribution is 8.02. The van der Waals surface area contributed by atoms with Crippen molar-refractivity contribution in [1.29, 1.82) is 0 Å². The lowest BCUT2D eigenvalue weighted by molar-refractivity contribution is 1.46. The lowest BCUT2D eigenvalue weighted by atomic mass is 10.4. The van der Waals surface area contributed by atoms with Gasteiger partial charge in [-0.25, -0.2) is 0 Å². The van der Waals surface area contributed by atoms with Crippen molar-refractivity contribution >= 4 is 58.2 Å². The van der Waals surface area contributed by atoms with Crippen LogP contribution in [0.5, 0.6) is 0 Å². The molecule has 0 amide bonds. The highest BCUT2D eigenvalue weighted by atomic mass is 35.5. The first kappa shape index (κ1) is 10.8. The average molecular weight is 262 g/mol. The normalized spacial score (nSPS) is 10.8. The van der Waals surface area contributed by atoms with Gasteiger partial charge in [0, 0.05) is 9.92 Å². The molecule has 0 aliphatic carbocycles. The van der Waals surface area contributed by atoms with Gasteiger partial charge in [-0.2, -0.15) is 0 Å². The fourth-order valence-corrected chi connectivity index (χ4v) is 2.29. The maximum atomic E-state index is 5.84. The summed E-state index contributed by atoms with van der Waals surface area (Å²) in [7, 11) is 0. The van der Waals surface area contributed by atoms with E-state index < -0.39 is 4.17 Å². The second kappa shape index (κ2) is 4.83. The van der Waals surface area contributed by atoms with Crippen LogP contribution in [-0.4, -0.2) is 4.17 Å². The van der Waals surface area contributed by atoms with Crippen molar-refractivity contribution in [1.82, 2.24) is 0 Å². The van der Waals surface area contributed by atoms with Crippen molar-refractivity contribution in [3.8, 4) is 0 Å². The van der Waals surface area contributed by atoms with E-state index in [9.17, 15) is 0 Å². The fraction of sp³-hybridized carbons (Fsp3) is 0.143. The van der Waals surface area contributed by atoms with Gasteiger partial charge in [0.15, 0.2) is 4.17 Å². The van der Waals surface area contributed by atoms with Gasteiger partial charge in [0.25, 0.3) is 0 Å². The zero-order valence-electron chi connectivity index (χ0n) is 5.73. The van der Waals surface area contributed by atoms with E-state index in [0.29, 0.717) is 10.0 Å². The molecule has 5 heteroatoms. The molecule has 0 spiro atoms. The molecule has 0 saturated carbocycles. The van der Waals surface area contributed by atoms with Gasteiger partial charge in [0.2, 0.25) is 0 Å². The summed E-state index contributed by atoms with van der Waals surface area (Å²) < 4.78 is -0.527. The molecule has 1 rings (SSSR count). The van der Waals surface area contributed by atoms with Crippen LogP contribution in [0.1, 0.15) is 0 Å². The molecule has 1 aromatic carbocycles. The number of halogens is 4. The predicted octanol–water partition coefficient (Wildman–Crippen LogP) is 4.85. The Hall–Kier alpha value is 0.730. The number of hydrogen-bond acceptors (Lipinski definition) is 1. The largest absolute Gasteiger partial charge is 0.157 e. The van der Waals surface area contributed by atoms with Gasteiger partial charge in [-0.3, -0.25) is 0 Å². The Bertz CT molecular complexity index is 274. The van der Waals surface area contributed by atoms with Crippen molar-refractivity contribution in [2.45, 2.75) is 9.06 Å². The van der Waals surface area contributed by atoms with Gasteiger partial charge in [-0.1, -0.05) is 58.2 Å². The van der Waals surface area contributed by atoms with E-state index >= 15 is 0 Å². The second-order valence-electron chi connectivity index (χ2n) is 1.95. The summed E-state index contributed by atoms with van der Waals surface area (Å²) in [6, 6.07) is 5.15. The number of alkyl halides is 2. The highest BCUT2D eigenvalue weighted by Crippen LogP contribution is 2.35. The number of benzene rings is 1. The zero-order chi connectivity index (χ0) is 9.14. The van der Waals surface area contributed by atoms with E-state index in [4.69, 9.17) is 46.4 Å². The smallest absolute Gasteiger partial charge is 0.0928 e. The number of rotatable bonds is 2. The molecular weight excluding hydrogens is 258 g/mol. The first-order chi connectivity index (χ1) is 5.59. The summed E-state index contributed by atoms with van der Waals surface area (Å²) in [4.78, 5) is 0.791. The Morgan fingerprint density at radius 3 is 2.42 bits per heavy atom. The minimum absolute atomic E-state index is 0.527. The van der Waals surface area contributed by atoms with E-state index in [-0.39, 0.29) is 0 Å². The minimum Gasteiger partial charge on any atom is -0.0928 e. The minimum atomic E-state index is -0.527. The topological polar surface area (TPSA) is 0 Å². The third-order valence-corrected chi connectivity index (χ3v) is 3.09. The van der Waals surface area contributed by atoms with Crippen LogP contribution in [0.15, 0.2) is 23.1 Å². The fourth-order valence-electron chi connectivity index (χ4n) is 0.663. The van der Waals surface area contributed by atoms with E-state index in [1.54, 1.807) is 18.2 Å². The average Bonchev–Trinajstić information content (AvgIpc) is 1.96. The molecule has 0 aromatic heterocycles. The number of hydrogen-bond donors (Lipinski definition) is 0. The Balaban J connectivity index is 2.90. The maximum absolute atomic E-state index is 5.84. The molecule has 0 heterocycles. The molecule has 0 aliphatic rings. The molecule has 0 saturated heterocycles. The Labute approximate surface area is 95.1 Å². The van der Waals surface area contributed by atoms with Crippen molar-refractivity contribution in [2.24, 2.45) is 0 Å². The first-order valence-corrected chi connectivity index (χ1v) is 5.50. The lowest BCUT2D eigenvalue weighted by Gasteiger charge is -2.03. The molecule has 0 unspecified atom stereocenters. The van der Waals surface area contributed by atoms with Gasteiger partial charge in [0.05, 0.1) is 5.02 Å². The molecule has 0 fully saturated rings. The molecule has 0 bridgehead atoms. The van der Waals surface area contributed by atoms with E-state index in [2.05, 4.69) is 0 Å². The summed E-state index contributed by atoms with van der Waals surface area (Å²) in [6.07, 6.45) is 0. The van der Waals surface area contributed by atoms with E-state index in [1.165, 1.54) is 11.8 Å². The van der Waals surface area contributed by atoms with Gasteiger partial charge < -0.3 is 0 Å². The van der Waals surface area contributed by atoms with Crippen molar-refractivity contribution < 1.29 is 0 Å². The predicted molar refractivity (Wildman–Crippen MR) is 57.8 cm³/mol. The van der Waals surface area contributed by atoms with Crippen LogP contribution in [-0.2, 0) is 0 Å². The van der Waals surface area contributed by atoms with Crippen LogP contribution in [0, 0.1) is 0 Å². The third-order valence-electron chi connectivity index (χ3n) is 1.11. The summed E-state index contributed by atoms with van der Waals surface area (Å²) in [5, 5.41) is 1.23. The molecule has 0 atom stereocenters. The molecule has 12 heavy (non-hydrogen) atoms. The van der Waals surface area contributed by atoms with Gasteiger partial charge in [-0.15, -0.1) is 0 Å². The van der Waals surface area contributed by atoms with Crippen LogP contribution >= 0.6 is 58.2 Å². The van der Waals surface area contributed by atoms with E-state index in [0.717, 1.165) is 4.90 Å². The van der Waals surface area contributed by atoms with Crippen LogP contribution in [0.4, 0.5) is 0 Å². The molecule has 1 aromatic rings. The van der Waals surface area contributed by atoms with Crippen LogP contribution in [0.25, 0.3) is 0 Å². The van der Waals surface area contributed by atoms with Crippen molar-refractivity contribution in [2.75, 3.05) is 0 Å².